The molecule has 0 saturated heterocycles. The Labute approximate surface area is 104 Å². The highest BCUT2D eigenvalue weighted by atomic mass is 16.5. The first-order chi connectivity index (χ1) is 8.58. The molecule has 1 heterocycles. The van der Waals surface area contributed by atoms with Gasteiger partial charge in [-0.1, -0.05) is 0 Å². The summed E-state index contributed by atoms with van der Waals surface area (Å²) in [4.78, 5) is 26.9. The van der Waals surface area contributed by atoms with Crippen LogP contribution in [0.25, 0.3) is 0 Å². The molecule has 0 saturated carbocycles. The van der Waals surface area contributed by atoms with E-state index >= 15 is 0 Å². The number of nitrogens with one attached hydrogen (secondary N) is 1. The van der Waals surface area contributed by atoms with Crippen molar-refractivity contribution >= 4 is 17.7 Å². The van der Waals surface area contributed by atoms with Crippen LogP contribution in [0, 0.1) is 0 Å². The van der Waals surface area contributed by atoms with Crippen molar-refractivity contribution in [1.29, 1.82) is 0 Å². The van der Waals surface area contributed by atoms with E-state index in [0.29, 0.717) is 11.6 Å². The molecule has 0 aliphatic carbocycles. The number of methoxy groups -OCH3 is 1. The van der Waals surface area contributed by atoms with Crippen LogP contribution in [0.1, 0.15) is 6.92 Å². The fourth-order valence-electron chi connectivity index (χ4n) is 1.14. The highest BCUT2D eigenvalue weighted by Crippen LogP contribution is 2.11. The molecule has 1 atom stereocenters. The quantitative estimate of drug-likeness (QED) is 0.529. The van der Waals surface area contributed by atoms with Crippen molar-refractivity contribution in [2.45, 2.75) is 13.0 Å². The highest BCUT2D eigenvalue weighted by molar-refractivity contribution is 6.06. The lowest BCUT2D eigenvalue weighted by atomic mass is 10.3. The number of pyridine rings is 1. The largest absolute Gasteiger partial charge is 0.495 e. The smallest absolute Gasteiger partial charge is 0.375 e. The van der Waals surface area contributed by atoms with E-state index in [4.69, 9.17) is 9.47 Å². The van der Waals surface area contributed by atoms with Crippen LogP contribution >= 0.6 is 0 Å². The molecule has 1 unspecified atom stereocenters. The molecule has 0 aliphatic heterocycles. The van der Waals surface area contributed by atoms with Crippen molar-refractivity contribution in [1.82, 2.24) is 4.98 Å². The number of quaternary nitrogens is 1. The first kappa shape index (κ1) is 13.9. The van der Waals surface area contributed by atoms with E-state index in [1.165, 1.54) is 13.3 Å². The van der Waals surface area contributed by atoms with Crippen molar-refractivity contribution in [3.8, 4) is 5.75 Å². The second-order valence-corrected chi connectivity index (χ2v) is 3.38. The molecular formula is C11H16N3O4+. The van der Waals surface area contributed by atoms with Gasteiger partial charge in [-0.25, -0.2) is 9.78 Å². The minimum atomic E-state index is -1.12. The van der Waals surface area contributed by atoms with Crippen LogP contribution in [0.4, 0.5) is 5.82 Å². The monoisotopic (exact) mass is 254 g/mol. The van der Waals surface area contributed by atoms with Gasteiger partial charge in [0.1, 0.15) is 11.6 Å². The van der Waals surface area contributed by atoms with Gasteiger partial charge in [-0.2, -0.15) is 0 Å². The van der Waals surface area contributed by atoms with Crippen molar-refractivity contribution in [2.24, 2.45) is 0 Å². The molecule has 0 bridgehead atoms. The van der Waals surface area contributed by atoms with E-state index in [1.54, 1.807) is 19.1 Å². The van der Waals surface area contributed by atoms with Crippen LogP contribution in [0.3, 0.4) is 0 Å². The van der Waals surface area contributed by atoms with Gasteiger partial charge in [0.2, 0.25) is 0 Å². The summed E-state index contributed by atoms with van der Waals surface area (Å²) in [5.41, 5.74) is 3.45. The maximum absolute atomic E-state index is 11.6. The average molecular weight is 254 g/mol. The van der Waals surface area contributed by atoms with E-state index in [2.05, 4.69) is 16.0 Å². The Hall–Kier alpha value is -2.15. The molecule has 0 spiro atoms. The third kappa shape index (κ3) is 3.70. The zero-order chi connectivity index (χ0) is 13.5. The standard InChI is InChI=1S/C11H15N3O4/c1-3-18-11(16)9(12)10(15)14-8-5-4-7(17-2)6-13-8/h4-6,9H,3,12H2,1-2H3,(H,13,14,15)/p+1. The molecule has 18 heavy (non-hydrogen) atoms. The Morgan fingerprint density at radius 3 is 2.72 bits per heavy atom. The maximum atomic E-state index is 11.6. The van der Waals surface area contributed by atoms with Crippen LogP contribution < -0.4 is 15.8 Å². The average Bonchev–Trinajstić information content (AvgIpc) is 2.39. The Kier molecular flexibility index (Phi) is 5.06. The van der Waals surface area contributed by atoms with E-state index < -0.39 is 17.9 Å². The summed E-state index contributed by atoms with van der Waals surface area (Å²) < 4.78 is 9.63. The highest BCUT2D eigenvalue weighted by Gasteiger charge is 2.27. The first-order valence-corrected chi connectivity index (χ1v) is 5.39. The first-order valence-electron chi connectivity index (χ1n) is 5.39. The van der Waals surface area contributed by atoms with E-state index in [-0.39, 0.29) is 6.61 Å². The van der Waals surface area contributed by atoms with Gasteiger partial charge in [-0.05, 0) is 19.1 Å². The number of aromatic nitrogens is 1. The van der Waals surface area contributed by atoms with Crippen LogP contribution in [0.2, 0.25) is 0 Å². The van der Waals surface area contributed by atoms with Gasteiger partial charge in [-0.3, -0.25) is 4.79 Å². The molecule has 0 radical (unpaired) electrons. The summed E-state index contributed by atoms with van der Waals surface area (Å²) in [6.45, 7) is 1.87. The Balaban J connectivity index is 2.60. The number of nitrogens with zero attached hydrogens (tertiary/aromatic N) is 1. The summed E-state index contributed by atoms with van der Waals surface area (Å²) in [5, 5.41) is 2.46. The maximum Gasteiger partial charge on any atom is 0.375 e. The number of ether oxygens (including phenoxy) is 2. The fraction of sp³-hybridized carbons (Fsp3) is 0.364. The Morgan fingerprint density at radius 2 is 2.22 bits per heavy atom. The zero-order valence-electron chi connectivity index (χ0n) is 10.3. The SMILES string of the molecule is CCOC(=O)C([NH3+])C(=O)Nc1ccc(OC)cn1. The topological polar surface area (TPSA) is 105 Å². The Morgan fingerprint density at radius 1 is 1.50 bits per heavy atom. The molecule has 1 amide bonds. The summed E-state index contributed by atoms with van der Waals surface area (Å²) in [6.07, 6.45) is 1.46. The summed E-state index contributed by atoms with van der Waals surface area (Å²) in [5.74, 6) is -0.335. The molecule has 1 aromatic rings. The number of esters is 1. The fourth-order valence-corrected chi connectivity index (χ4v) is 1.14. The number of rotatable bonds is 5. The van der Waals surface area contributed by atoms with Gasteiger partial charge in [0, 0.05) is 0 Å². The number of carbonyl (C=O) groups is 2. The third-order valence-electron chi connectivity index (χ3n) is 2.11. The predicted octanol–water partition coefficient (Wildman–Crippen LogP) is -0.798. The molecule has 1 rings (SSSR count). The van der Waals surface area contributed by atoms with Gasteiger partial charge in [0.15, 0.2) is 0 Å². The minimum absolute atomic E-state index is 0.207. The lowest BCUT2D eigenvalue weighted by Gasteiger charge is -2.08. The Bertz CT molecular complexity index is 419. The van der Waals surface area contributed by atoms with E-state index in [9.17, 15) is 9.59 Å². The minimum Gasteiger partial charge on any atom is -0.495 e. The lowest BCUT2D eigenvalue weighted by Crippen LogP contribution is -2.70. The molecule has 0 aromatic carbocycles. The molecule has 0 aliphatic rings. The van der Waals surface area contributed by atoms with Crippen molar-refractivity contribution in [2.75, 3.05) is 19.0 Å². The van der Waals surface area contributed by atoms with Gasteiger partial charge >= 0.3 is 5.97 Å². The van der Waals surface area contributed by atoms with Crippen LogP contribution in [-0.2, 0) is 14.3 Å². The molecule has 0 fully saturated rings. The molecular weight excluding hydrogens is 238 g/mol. The van der Waals surface area contributed by atoms with Crippen molar-refractivity contribution in [3.63, 3.8) is 0 Å². The van der Waals surface area contributed by atoms with E-state index in [0.717, 1.165) is 0 Å². The predicted molar refractivity (Wildman–Crippen MR) is 62.7 cm³/mol. The van der Waals surface area contributed by atoms with Crippen LogP contribution in [-0.4, -0.2) is 36.6 Å². The molecule has 7 nitrogen and oxygen atoms in total. The van der Waals surface area contributed by atoms with Gasteiger partial charge in [0.05, 0.1) is 19.9 Å². The van der Waals surface area contributed by atoms with Gasteiger partial charge in [0.25, 0.3) is 11.9 Å². The summed E-state index contributed by atoms with van der Waals surface area (Å²) in [6, 6.07) is 2.09. The molecule has 98 valence electrons. The van der Waals surface area contributed by atoms with Crippen LogP contribution in [0.15, 0.2) is 18.3 Å². The molecule has 1 aromatic heterocycles. The summed E-state index contributed by atoms with van der Waals surface area (Å²) in [7, 11) is 1.52. The van der Waals surface area contributed by atoms with Gasteiger partial charge in [-0.15, -0.1) is 0 Å². The number of anilines is 1. The van der Waals surface area contributed by atoms with Crippen LogP contribution in [0.5, 0.6) is 5.75 Å². The number of hydrogen-bond donors (Lipinski definition) is 2. The van der Waals surface area contributed by atoms with Gasteiger partial charge < -0.3 is 20.5 Å². The van der Waals surface area contributed by atoms with Crippen molar-refractivity contribution in [3.05, 3.63) is 18.3 Å². The van der Waals surface area contributed by atoms with E-state index in [1.807, 2.05) is 0 Å². The molecule has 4 N–H and O–H groups in total. The third-order valence-corrected chi connectivity index (χ3v) is 2.11. The zero-order valence-corrected chi connectivity index (χ0v) is 10.3. The molecule has 7 heteroatoms. The summed E-state index contributed by atoms with van der Waals surface area (Å²) >= 11 is 0. The number of carbonyl (C=O) groups excluding carboxylic acids is 2. The second kappa shape index (κ2) is 6.55. The normalized spacial score (nSPS) is 11.5. The second-order valence-electron chi connectivity index (χ2n) is 3.38. The number of amides is 1. The lowest BCUT2D eigenvalue weighted by molar-refractivity contribution is -0.392. The van der Waals surface area contributed by atoms with Crippen molar-refractivity contribution < 1.29 is 24.8 Å². The number of hydrogen-bond acceptors (Lipinski definition) is 5.